The predicted molar refractivity (Wildman–Crippen MR) is 80.7 cm³/mol. The summed E-state index contributed by atoms with van der Waals surface area (Å²) >= 11 is 3.31. The topological polar surface area (TPSA) is 117 Å². The molecule has 6 nitrogen and oxygen atoms in total. The van der Waals surface area contributed by atoms with Crippen molar-refractivity contribution in [3.05, 3.63) is 64.4 Å². The summed E-state index contributed by atoms with van der Waals surface area (Å²) in [5.74, 6) is -0.269. The molecule has 0 unspecified atom stereocenters. The molecule has 0 spiro atoms. The SMILES string of the molecule is O.O.O=C(N/N=C/c1ccccn1)c1ccccc1Br. The van der Waals surface area contributed by atoms with Crippen LogP contribution in [0.1, 0.15) is 16.1 Å². The molecule has 0 bridgehead atoms. The van der Waals surface area contributed by atoms with Gasteiger partial charge in [-0.15, -0.1) is 0 Å². The molecule has 0 fully saturated rings. The molecule has 1 aromatic heterocycles. The number of halogens is 1. The van der Waals surface area contributed by atoms with E-state index in [1.807, 2.05) is 18.2 Å². The van der Waals surface area contributed by atoms with Crippen molar-refractivity contribution in [2.75, 3.05) is 0 Å². The standard InChI is InChI=1S/C13H10BrN3O.2H2O/c14-12-7-2-1-6-11(12)13(18)17-16-9-10-5-3-4-8-15-10;;/h1-9H,(H,17,18);2*1H2/b16-9+;;. The van der Waals surface area contributed by atoms with Crippen LogP contribution in [0.5, 0.6) is 0 Å². The molecule has 20 heavy (non-hydrogen) atoms. The van der Waals surface area contributed by atoms with Crippen molar-refractivity contribution in [1.29, 1.82) is 0 Å². The molecule has 0 aliphatic carbocycles. The lowest BCUT2D eigenvalue weighted by Gasteiger charge is -2.01. The number of rotatable bonds is 3. The Balaban J connectivity index is 0.00000180. The zero-order valence-electron chi connectivity index (χ0n) is 10.4. The lowest BCUT2D eigenvalue weighted by molar-refractivity contribution is 0.0954. The minimum Gasteiger partial charge on any atom is -0.412 e. The zero-order valence-corrected chi connectivity index (χ0v) is 12.0. The molecule has 0 saturated carbocycles. The number of aromatic nitrogens is 1. The second kappa shape index (κ2) is 8.92. The predicted octanol–water partition coefficient (Wildman–Crippen LogP) is 0.959. The van der Waals surface area contributed by atoms with E-state index in [2.05, 4.69) is 31.4 Å². The first-order chi connectivity index (χ1) is 8.77. The van der Waals surface area contributed by atoms with Gasteiger partial charge in [0.2, 0.25) is 0 Å². The number of nitrogens with one attached hydrogen (secondary N) is 1. The maximum Gasteiger partial charge on any atom is 0.272 e. The second-order valence-electron chi connectivity index (χ2n) is 3.43. The average Bonchev–Trinajstić information content (AvgIpc) is 2.40. The summed E-state index contributed by atoms with van der Waals surface area (Å²) in [6.45, 7) is 0. The van der Waals surface area contributed by atoms with Crippen LogP contribution in [-0.2, 0) is 0 Å². The third-order valence-electron chi connectivity index (χ3n) is 2.17. The van der Waals surface area contributed by atoms with E-state index < -0.39 is 0 Å². The van der Waals surface area contributed by atoms with Crippen LogP contribution in [0.4, 0.5) is 0 Å². The van der Waals surface area contributed by atoms with Crippen molar-refractivity contribution in [2.45, 2.75) is 0 Å². The molecule has 1 heterocycles. The van der Waals surface area contributed by atoms with Gasteiger partial charge in [0.15, 0.2) is 0 Å². The smallest absolute Gasteiger partial charge is 0.272 e. The maximum absolute atomic E-state index is 11.8. The van der Waals surface area contributed by atoms with E-state index in [-0.39, 0.29) is 16.9 Å². The van der Waals surface area contributed by atoms with Gasteiger partial charge in [0.25, 0.3) is 5.91 Å². The molecule has 7 heteroatoms. The molecule has 0 aliphatic heterocycles. The molecular formula is C13H14BrN3O3. The molecule has 0 radical (unpaired) electrons. The quantitative estimate of drug-likeness (QED) is 0.662. The Kier molecular flexibility index (Phi) is 7.98. The highest BCUT2D eigenvalue weighted by molar-refractivity contribution is 9.10. The molecule has 0 atom stereocenters. The van der Waals surface area contributed by atoms with Crippen LogP contribution in [0, 0.1) is 0 Å². The van der Waals surface area contributed by atoms with Gasteiger partial charge in [-0.2, -0.15) is 5.10 Å². The third kappa shape index (κ3) is 4.88. The second-order valence-corrected chi connectivity index (χ2v) is 4.29. The number of benzene rings is 1. The Bertz CT molecular complexity index is 576. The molecule has 2 rings (SSSR count). The summed E-state index contributed by atoms with van der Waals surface area (Å²) in [6.07, 6.45) is 3.16. The van der Waals surface area contributed by atoms with Gasteiger partial charge in [-0.3, -0.25) is 9.78 Å². The number of nitrogens with zero attached hydrogens (tertiary/aromatic N) is 2. The summed E-state index contributed by atoms with van der Waals surface area (Å²) in [7, 11) is 0. The van der Waals surface area contributed by atoms with Gasteiger partial charge < -0.3 is 11.0 Å². The fourth-order valence-electron chi connectivity index (χ4n) is 1.31. The minimum atomic E-state index is -0.269. The van der Waals surface area contributed by atoms with Crippen LogP contribution in [0.3, 0.4) is 0 Å². The summed E-state index contributed by atoms with van der Waals surface area (Å²) in [5.41, 5.74) is 3.67. The number of hydrogen-bond acceptors (Lipinski definition) is 3. The van der Waals surface area contributed by atoms with Gasteiger partial charge in [0.05, 0.1) is 17.5 Å². The van der Waals surface area contributed by atoms with Crippen molar-refractivity contribution in [3.63, 3.8) is 0 Å². The monoisotopic (exact) mass is 339 g/mol. The average molecular weight is 340 g/mol. The Labute approximate surface area is 124 Å². The molecule has 106 valence electrons. The van der Waals surface area contributed by atoms with E-state index in [0.29, 0.717) is 11.3 Å². The molecule has 0 saturated heterocycles. The van der Waals surface area contributed by atoms with Gasteiger partial charge in [0, 0.05) is 10.7 Å². The number of pyridine rings is 1. The highest BCUT2D eigenvalue weighted by Crippen LogP contribution is 2.15. The highest BCUT2D eigenvalue weighted by atomic mass is 79.9. The zero-order chi connectivity index (χ0) is 12.8. The van der Waals surface area contributed by atoms with Crippen molar-refractivity contribution < 1.29 is 15.7 Å². The molecule has 2 aromatic rings. The van der Waals surface area contributed by atoms with E-state index in [9.17, 15) is 4.79 Å². The first-order valence-electron chi connectivity index (χ1n) is 5.26. The van der Waals surface area contributed by atoms with Crippen LogP contribution >= 0.6 is 15.9 Å². The molecular weight excluding hydrogens is 326 g/mol. The van der Waals surface area contributed by atoms with Crippen LogP contribution in [0.15, 0.2) is 58.2 Å². The third-order valence-corrected chi connectivity index (χ3v) is 2.86. The van der Waals surface area contributed by atoms with Crippen LogP contribution in [0.2, 0.25) is 0 Å². The van der Waals surface area contributed by atoms with Crippen LogP contribution in [0.25, 0.3) is 0 Å². The minimum absolute atomic E-state index is 0. The van der Waals surface area contributed by atoms with E-state index in [4.69, 9.17) is 0 Å². The van der Waals surface area contributed by atoms with Crippen molar-refractivity contribution in [2.24, 2.45) is 5.10 Å². The maximum atomic E-state index is 11.8. The number of hydrogen-bond donors (Lipinski definition) is 1. The Morgan fingerprint density at radius 1 is 1.15 bits per heavy atom. The number of amides is 1. The molecule has 0 aliphatic rings. The Morgan fingerprint density at radius 2 is 1.85 bits per heavy atom. The van der Waals surface area contributed by atoms with Crippen LogP contribution < -0.4 is 5.43 Å². The first-order valence-corrected chi connectivity index (χ1v) is 6.05. The first kappa shape index (κ1) is 17.9. The van der Waals surface area contributed by atoms with E-state index in [0.717, 1.165) is 4.47 Å². The van der Waals surface area contributed by atoms with Crippen molar-refractivity contribution in [1.82, 2.24) is 10.4 Å². The number of carbonyl (C=O) groups is 1. The summed E-state index contributed by atoms with van der Waals surface area (Å²) in [4.78, 5) is 15.8. The summed E-state index contributed by atoms with van der Waals surface area (Å²) in [6, 6.07) is 12.6. The molecule has 5 N–H and O–H groups in total. The van der Waals surface area contributed by atoms with Gasteiger partial charge in [-0.25, -0.2) is 5.43 Å². The summed E-state index contributed by atoms with van der Waals surface area (Å²) < 4.78 is 0.732. The number of carbonyl (C=O) groups excluding carboxylic acids is 1. The normalized spacial score (nSPS) is 9.45. The van der Waals surface area contributed by atoms with Gasteiger partial charge in [-0.1, -0.05) is 18.2 Å². The van der Waals surface area contributed by atoms with E-state index in [1.54, 1.807) is 30.5 Å². The van der Waals surface area contributed by atoms with Crippen LogP contribution in [-0.4, -0.2) is 28.1 Å². The summed E-state index contributed by atoms with van der Waals surface area (Å²) in [5, 5.41) is 3.85. The van der Waals surface area contributed by atoms with Crippen molar-refractivity contribution >= 4 is 28.1 Å². The Hall–Kier alpha value is -2.09. The molecule has 1 aromatic carbocycles. The fourth-order valence-corrected chi connectivity index (χ4v) is 1.78. The largest absolute Gasteiger partial charge is 0.412 e. The lowest BCUT2D eigenvalue weighted by atomic mass is 10.2. The molecule has 1 amide bonds. The highest BCUT2D eigenvalue weighted by Gasteiger charge is 2.07. The Morgan fingerprint density at radius 3 is 2.50 bits per heavy atom. The number of hydrazone groups is 1. The van der Waals surface area contributed by atoms with E-state index in [1.165, 1.54) is 6.21 Å². The lowest BCUT2D eigenvalue weighted by Crippen LogP contribution is -2.18. The van der Waals surface area contributed by atoms with Gasteiger partial charge >= 0.3 is 0 Å². The fraction of sp³-hybridized carbons (Fsp3) is 0. The van der Waals surface area contributed by atoms with Gasteiger partial charge in [-0.05, 0) is 40.2 Å². The van der Waals surface area contributed by atoms with Gasteiger partial charge in [0.1, 0.15) is 0 Å². The van der Waals surface area contributed by atoms with E-state index >= 15 is 0 Å². The van der Waals surface area contributed by atoms with Crippen molar-refractivity contribution in [3.8, 4) is 0 Å².